The maximum atomic E-state index is 11.4. The third-order valence-corrected chi connectivity index (χ3v) is 3.19. The van der Waals surface area contributed by atoms with Gasteiger partial charge in [0, 0.05) is 24.5 Å². The van der Waals surface area contributed by atoms with Gasteiger partial charge in [0.25, 0.3) is 0 Å². The number of aromatic nitrogens is 1. The van der Waals surface area contributed by atoms with E-state index >= 15 is 0 Å². The molecule has 0 unspecified atom stereocenters. The minimum Gasteiger partial charge on any atom is -0.469 e. The molecular formula is C16H17NO3. The molecule has 0 saturated heterocycles. The molecule has 1 aromatic carbocycles. The Morgan fingerprint density at radius 2 is 1.85 bits per heavy atom. The number of esters is 1. The van der Waals surface area contributed by atoms with Crippen molar-refractivity contribution in [1.82, 2.24) is 4.57 Å². The summed E-state index contributed by atoms with van der Waals surface area (Å²) in [6.07, 6.45) is 3.94. The van der Waals surface area contributed by atoms with Crippen LogP contribution in [0.3, 0.4) is 0 Å². The lowest BCUT2D eigenvalue weighted by atomic mass is 10.0. The number of carbonyl (C=O) groups excluding carboxylic acids is 2. The van der Waals surface area contributed by atoms with Gasteiger partial charge in [0.1, 0.15) is 0 Å². The van der Waals surface area contributed by atoms with E-state index in [9.17, 15) is 9.59 Å². The van der Waals surface area contributed by atoms with Crippen LogP contribution < -0.4 is 0 Å². The second-order valence-electron chi connectivity index (χ2n) is 4.65. The average molecular weight is 271 g/mol. The number of hydrogen-bond acceptors (Lipinski definition) is 3. The highest BCUT2D eigenvalue weighted by Gasteiger charge is 2.09. The van der Waals surface area contributed by atoms with Gasteiger partial charge >= 0.3 is 5.97 Å². The minimum absolute atomic E-state index is 0.0478. The Kier molecular flexibility index (Phi) is 4.35. The summed E-state index contributed by atoms with van der Waals surface area (Å²) >= 11 is 0. The summed E-state index contributed by atoms with van der Waals surface area (Å²) < 4.78 is 6.64. The highest BCUT2D eigenvalue weighted by atomic mass is 16.5. The predicted molar refractivity (Wildman–Crippen MR) is 75.7 cm³/mol. The Morgan fingerprint density at radius 1 is 1.15 bits per heavy atom. The van der Waals surface area contributed by atoms with Crippen molar-refractivity contribution in [3.63, 3.8) is 0 Å². The average Bonchev–Trinajstić information content (AvgIpc) is 2.89. The second-order valence-corrected chi connectivity index (χ2v) is 4.65. The first-order chi connectivity index (χ1) is 9.60. The lowest BCUT2D eigenvalue weighted by Crippen LogP contribution is -2.08. The third kappa shape index (κ3) is 3.35. The van der Waals surface area contributed by atoms with Gasteiger partial charge in [0.15, 0.2) is 5.78 Å². The Labute approximate surface area is 118 Å². The van der Waals surface area contributed by atoms with Crippen LogP contribution in [0.25, 0.3) is 0 Å². The van der Waals surface area contributed by atoms with Gasteiger partial charge in [-0.1, -0.05) is 24.3 Å². The van der Waals surface area contributed by atoms with Gasteiger partial charge in [0.2, 0.25) is 0 Å². The molecule has 0 bridgehead atoms. The number of ketones is 1. The van der Waals surface area contributed by atoms with Gasteiger partial charge in [-0.25, -0.2) is 0 Å². The molecule has 4 heteroatoms. The molecule has 4 nitrogen and oxygen atoms in total. The smallest absolute Gasteiger partial charge is 0.309 e. The quantitative estimate of drug-likeness (QED) is 0.620. The Balaban J connectivity index is 2.19. The Morgan fingerprint density at radius 3 is 2.45 bits per heavy atom. The van der Waals surface area contributed by atoms with Crippen LogP contribution in [0.2, 0.25) is 0 Å². The minimum atomic E-state index is -0.255. The van der Waals surface area contributed by atoms with Crippen LogP contribution in [0.1, 0.15) is 28.4 Å². The monoisotopic (exact) mass is 271 g/mol. The van der Waals surface area contributed by atoms with E-state index in [4.69, 9.17) is 4.74 Å². The molecule has 0 aliphatic carbocycles. The molecule has 0 N–H and O–H groups in total. The van der Waals surface area contributed by atoms with Crippen molar-refractivity contribution in [2.45, 2.75) is 19.9 Å². The maximum Gasteiger partial charge on any atom is 0.309 e. The molecule has 0 radical (unpaired) electrons. The molecule has 0 fully saturated rings. The molecule has 2 aromatic rings. The first kappa shape index (κ1) is 14.1. The van der Waals surface area contributed by atoms with Crippen molar-refractivity contribution in [3.05, 3.63) is 59.4 Å². The fourth-order valence-electron chi connectivity index (χ4n) is 2.06. The molecule has 2 rings (SSSR count). The second kappa shape index (κ2) is 6.19. The van der Waals surface area contributed by atoms with Crippen LogP contribution in [0.4, 0.5) is 0 Å². The van der Waals surface area contributed by atoms with E-state index in [1.165, 1.54) is 7.11 Å². The van der Waals surface area contributed by atoms with E-state index in [-0.39, 0.29) is 18.2 Å². The van der Waals surface area contributed by atoms with Crippen LogP contribution >= 0.6 is 0 Å². The summed E-state index contributed by atoms with van der Waals surface area (Å²) in [4.78, 5) is 22.7. The van der Waals surface area contributed by atoms with Crippen LogP contribution in [0.5, 0.6) is 0 Å². The third-order valence-electron chi connectivity index (χ3n) is 3.19. The molecular weight excluding hydrogens is 254 g/mol. The Hall–Kier alpha value is -2.36. The zero-order chi connectivity index (χ0) is 14.5. The highest BCUT2D eigenvalue weighted by molar-refractivity contribution is 5.93. The number of rotatable bonds is 5. The van der Waals surface area contributed by atoms with E-state index in [1.54, 1.807) is 13.0 Å². The predicted octanol–water partition coefficient (Wildman–Crippen LogP) is 2.45. The van der Waals surface area contributed by atoms with Gasteiger partial charge < -0.3 is 9.30 Å². The molecule has 1 aromatic heterocycles. The van der Waals surface area contributed by atoms with Gasteiger partial charge in [0.05, 0.1) is 13.5 Å². The number of hydrogen-bond donors (Lipinski definition) is 0. The van der Waals surface area contributed by atoms with Crippen LogP contribution in [0.15, 0.2) is 42.7 Å². The van der Waals surface area contributed by atoms with Gasteiger partial charge in [-0.3, -0.25) is 9.59 Å². The SMILES string of the molecule is COC(=O)Cc1ccccc1Cn1ccc(C(C)=O)c1. The number of Topliss-reactive ketones (excluding diaryl/α,β-unsaturated/α-hetero) is 1. The van der Waals surface area contributed by atoms with Crippen molar-refractivity contribution >= 4 is 11.8 Å². The molecule has 1 heterocycles. The van der Waals surface area contributed by atoms with Crippen LogP contribution in [-0.4, -0.2) is 23.4 Å². The molecule has 0 atom stereocenters. The van der Waals surface area contributed by atoms with Crippen molar-refractivity contribution in [2.75, 3.05) is 7.11 Å². The number of nitrogens with zero attached hydrogens (tertiary/aromatic N) is 1. The molecule has 0 aliphatic rings. The topological polar surface area (TPSA) is 48.3 Å². The summed E-state index contributed by atoms with van der Waals surface area (Å²) in [5.74, 6) is -0.207. The molecule has 0 saturated carbocycles. The number of ether oxygens (including phenoxy) is 1. The number of benzene rings is 1. The van der Waals surface area contributed by atoms with Gasteiger partial charge in [-0.05, 0) is 24.1 Å². The molecule has 0 aliphatic heterocycles. The first-order valence-electron chi connectivity index (χ1n) is 6.40. The summed E-state index contributed by atoms with van der Waals surface area (Å²) in [5, 5.41) is 0. The van der Waals surface area contributed by atoms with Crippen molar-refractivity contribution in [1.29, 1.82) is 0 Å². The van der Waals surface area contributed by atoms with E-state index in [1.807, 2.05) is 41.2 Å². The van der Waals surface area contributed by atoms with Gasteiger partial charge in [-0.15, -0.1) is 0 Å². The molecule has 104 valence electrons. The highest BCUT2D eigenvalue weighted by Crippen LogP contribution is 2.13. The van der Waals surface area contributed by atoms with E-state index in [2.05, 4.69) is 0 Å². The summed E-state index contributed by atoms with van der Waals surface area (Å²) in [5.41, 5.74) is 2.68. The Bertz CT molecular complexity index is 628. The summed E-state index contributed by atoms with van der Waals surface area (Å²) in [6, 6.07) is 9.53. The molecule has 0 spiro atoms. The van der Waals surface area contributed by atoms with Crippen molar-refractivity contribution in [2.24, 2.45) is 0 Å². The lowest BCUT2D eigenvalue weighted by Gasteiger charge is -2.09. The van der Waals surface area contributed by atoms with Crippen molar-refractivity contribution in [3.8, 4) is 0 Å². The van der Waals surface area contributed by atoms with E-state index in [0.29, 0.717) is 12.1 Å². The van der Waals surface area contributed by atoms with Crippen molar-refractivity contribution < 1.29 is 14.3 Å². The fourth-order valence-corrected chi connectivity index (χ4v) is 2.06. The zero-order valence-electron chi connectivity index (χ0n) is 11.6. The van der Waals surface area contributed by atoms with Crippen LogP contribution in [0, 0.1) is 0 Å². The van der Waals surface area contributed by atoms with Crippen LogP contribution in [-0.2, 0) is 22.5 Å². The summed E-state index contributed by atoms with van der Waals surface area (Å²) in [7, 11) is 1.38. The first-order valence-corrected chi connectivity index (χ1v) is 6.40. The van der Waals surface area contributed by atoms with E-state index in [0.717, 1.165) is 11.1 Å². The normalized spacial score (nSPS) is 10.3. The standard InChI is InChI=1S/C16H17NO3/c1-12(18)14-7-8-17(10-14)11-15-6-4-3-5-13(15)9-16(19)20-2/h3-8,10H,9,11H2,1-2H3. The number of methoxy groups -OCH3 is 1. The number of carbonyl (C=O) groups is 2. The zero-order valence-corrected chi connectivity index (χ0v) is 11.6. The molecule has 0 amide bonds. The van der Waals surface area contributed by atoms with E-state index < -0.39 is 0 Å². The largest absolute Gasteiger partial charge is 0.469 e. The maximum absolute atomic E-state index is 11.4. The molecule has 20 heavy (non-hydrogen) atoms. The fraction of sp³-hybridized carbons (Fsp3) is 0.250. The van der Waals surface area contributed by atoms with Gasteiger partial charge in [-0.2, -0.15) is 0 Å². The lowest BCUT2D eigenvalue weighted by molar-refractivity contribution is -0.139. The summed E-state index contributed by atoms with van der Waals surface area (Å²) in [6.45, 7) is 2.17.